The van der Waals surface area contributed by atoms with Crippen LogP contribution in [-0.4, -0.2) is 50.3 Å². The molecule has 9 nitrogen and oxygen atoms in total. The van der Waals surface area contributed by atoms with Crippen LogP contribution >= 0.6 is 0 Å². The van der Waals surface area contributed by atoms with Crippen LogP contribution in [0.15, 0.2) is 47.3 Å². The zero-order valence-corrected chi connectivity index (χ0v) is 22.0. The van der Waals surface area contributed by atoms with Crippen LogP contribution in [0, 0.1) is 11.6 Å². The first-order valence-electron chi connectivity index (χ1n) is 12.6. The fourth-order valence-electron chi connectivity index (χ4n) is 5.11. The number of nitrogens with two attached hydrogens (primary N) is 1. The molecule has 0 unspecified atom stereocenters. The minimum atomic E-state index is -3.01. The van der Waals surface area contributed by atoms with Crippen LogP contribution in [-0.2, 0) is 7.05 Å². The summed E-state index contributed by atoms with van der Waals surface area (Å²) in [5.74, 6) is -5.18. The van der Waals surface area contributed by atoms with Crippen LogP contribution in [0.4, 0.5) is 28.9 Å². The van der Waals surface area contributed by atoms with Gasteiger partial charge in [-0.1, -0.05) is 19.9 Å². The molecule has 5 rings (SSSR count). The number of fused-ring (bicyclic) bond motifs is 1. The van der Waals surface area contributed by atoms with Gasteiger partial charge in [-0.15, -0.1) is 0 Å². The molecular formula is C27H27F4N7O2. The number of amides is 1. The lowest BCUT2D eigenvalue weighted by molar-refractivity contribution is 0.0227. The Morgan fingerprint density at radius 2 is 1.82 bits per heavy atom. The number of carbonyl (C=O) groups is 1. The Kier molecular flexibility index (Phi) is 6.86. The Balaban J connectivity index is 1.62. The molecule has 1 amide bonds. The smallest absolute Gasteiger partial charge is 0.276 e. The number of hydrogen-bond acceptors (Lipinski definition) is 6. The highest BCUT2D eigenvalue weighted by molar-refractivity contribution is 6.08. The highest BCUT2D eigenvalue weighted by atomic mass is 19.3. The van der Waals surface area contributed by atoms with Crippen molar-refractivity contribution in [3.63, 3.8) is 0 Å². The van der Waals surface area contributed by atoms with Gasteiger partial charge in [0, 0.05) is 38.0 Å². The van der Waals surface area contributed by atoms with Gasteiger partial charge in [-0.05, 0) is 30.3 Å². The maximum absolute atomic E-state index is 14.6. The van der Waals surface area contributed by atoms with Crippen molar-refractivity contribution in [3.8, 4) is 5.69 Å². The third kappa shape index (κ3) is 4.70. The van der Waals surface area contributed by atoms with E-state index < -0.39 is 53.7 Å². The maximum Gasteiger partial charge on any atom is 0.276 e. The third-order valence-electron chi connectivity index (χ3n) is 6.94. The minimum absolute atomic E-state index is 0.0256. The van der Waals surface area contributed by atoms with Gasteiger partial charge in [0.05, 0.1) is 23.4 Å². The standard InChI is InChI=1S/C27H27F4N7O2/c1-14(2)25-34-22-20(36(25)3)9-7-18(24(22)37-13-27(30,31)11-15(37)12-32)33-26(40)19-8-10-21(39)38(35-19)23-16(28)5-4-6-17(23)29/h4-10,14-15H,11-13,32H2,1-3H3,(H,33,40)/t15-/m0/s1. The van der Waals surface area contributed by atoms with E-state index in [1.54, 1.807) is 12.1 Å². The summed E-state index contributed by atoms with van der Waals surface area (Å²) in [5.41, 5.74) is 5.46. The van der Waals surface area contributed by atoms with Crippen molar-refractivity contribution in [2.75, 3.05) is 23.3 Å². The summed E-state index contributed by atoms with van der Waals surface area (Å²) in [4.78, 5) is 31.9. The zero-order chi connectivity index (χ0) is 28.9. The molecule has 13 heteroatoms. The third-order valence-corrected chi connectivity index (χ3v) is 6.94. The predicted molar refractivity (Wildman–Crippen MR) is 142 cm³/mol. The summed E-state index contributed by atoms with van der Waals surface area (Å²) < 4.78 is 60.2. The molecule has 0 saturated carbocycles. The Morgan fingerprint density at radius 3 is 2.48 bits per heavy atom. The molecule has 0 aliphatic carbocycles. The number of aromatic nitrogens is 4. The predicted octanol–water partition coefficient (Wildman–Crippen LogP) is 3.95. The average molecular weight is 558 g/mol. The Morgan fingerprint density at radius 1 is 1.12 bits per heavy atom. The van der Waals surface area contributed by atoms with E-state index in [0.29, 0.717) is 15.7 Å². The van der Waals surface area contributed by atoms with E-state index >= 15 is 0 Å². The molecule has 0 radical (unpaired) electrons. The summed E-state index contributed by atoms with van der Waals surface area (Å²) in [7, 11) is 1.82. The number of halogens is 4. The van der Waals surface area contributed by atoms with Gasteiger partial charge < -0.3 is 20.5 Å². The molecule has 1 fully saturated rings. The van der Waals surface area contributed by atoms with Gasteiger partial charge in [-0.2, -0.15) is 9.78 Å². The van der Waals surface area contributed by atoms with E-state index in [-0.39, 0.29) is 29.5 Å². The van der Waals surface area contributed by atoms with Crippen LogP contribution in [0.3, 0.4) is 0 Å². The summed E-state index contributed by atoms with van der Waals surface area (Å²) in [6, 6.07) is 7.67. The number of carbonyl (C=O) groups excluding carboxylic acids is 1. The minimum Gasteiger partial charge on any atom is -0.358 e. The molecule has 0 spiro atoms. The molecular weight excluding hydrogens is 530 g/mol. The van der Waals surface area contributed by atoms with Gasteiger partial charge in [0.2, 0.25) is 0 Å². The van der Waals surface area contributed by atoms with E-state index in [1.165, 1.54) is 4.90 Å². The first kappa shape index (κ1) is 27.3. The van der Waals surface area contributed by atoms with Crippen molar-refractivity contribution in [1.29, 1.82) is 0 Å². The van der Waals surface area contributed by atoms with Gasteiger partial charge in [-0.3, -0.25) is 9.59 Å². The van der Waals surface area contributed by atoms with Crippen molar-refractivity contribution in [2.24, 2.45) is 12.8 Å². The maximum atomic E-state index is 14.6. The average Bonchev–Trinajstić information content (AvgIpc) is 3.40. The summed E-state index contributed by atoms with van der Waals surface area (Å²) >= 11 is 0. The van der Waals surface area contributed by atoms with Crippen molar-refractivity contribution >= 4 is 28.3 Å². The van der Waals surface area contributed by atoms with E-state index in [0.717, 1.165) is 36.2 Å². The fourth-order valence-corrected chi connectivity index (χ4v) is 5.11. The lowest BCUT2D eigenvalue weighted by atomic mass is 10.1. The lowest BCUT2D eigenvalue weighted by Gasteiger charge is -2.27. The monoisotopic (exact) mass is 557 g/mol. The topological polar surface area (TPSA) is 111 Å². The van der Waals surface area contributed by atoms with Crippen LogP contribution in [0.1, 0.15) is 42.5 Å². The van der Waals surface area contributed by atoms with E-state index in [4.69, 9.17) is 10.7 Å². The summed E-state index contributed by atoms with van der Waals surface area (Å²) in [6.45, 7) is 3.23. The number of benzene rings is 2. The second-order valence-corrected chi connectivity index (χ2v) is 10.1. The number of anilines is 2. The van der Waals surface area contributed by atoms with Gasteiger partial charge in [-0.25, -0.2) is 22.5 Å². The Hall–Kier alpha value is -4.26. The largest absolute Gasteiger partial charge is 0.358 e. The van der Waals surface area contributed by atoms with Gasteiger partial charge in [0.1, 0.15) is 22.7 Å². The van der Waals surface area contributed by atoms with E-state index in [9.17, 15) is 27.2 Å². The van der Waals surface area contributed by atoms with Gasteiger partial charge in [0.15, 0.2) is 11.6 Å². The molecule has 1 aliphatic rings. The van der Waals surface area contributed by atoms with Crippen LogP contribution < -0.4 is 21.5 Å². The summed E-state index contributed by atoms with van der Waals surface area (Å²) in [5, 5.41) is 6.56. The number of imidazole rings is 1. The van der Waals surface area contributed by atoms with Crippen molar-refractivity contribution in [3.05, 3.63) is 76.0 Å². The Bertz CT molecular complexity index is 1660. The molecule has 0 bridgehead atoms. The highest BCUT2D eigenvalue weighted by Crippen LogP contribution is 2.42. The van der Waals surface area contributed by atoms with E-state index in [1.807, 2.05) is 25.5 Å². The number of nitrogens with one attached hydrogen (secondary N) is 1. The molecule has 1 saturated heterocycles. The molecule has 3 heterocycles. The lowest BCUT2D eigenvalue weighted by Crippen LogP contribution is -2.36. The number of hydrogen-bond donors (Lipinski definition) is 2. The molecule has 4 aromatic rings. The van der Waals surface area contributed by atoms with E-state index in [2.05, 4.69) is 10.4 Å². The molecule has 1 aliphatic heterocycles. The number of alkyl halides is 2. The molecule has 3 N–H and O–H groups in total. The first-order chi connectivity index (χ1) is 18.9. The van der Waals surface area contributed by atoms with Gasteiger partial charge in [0.25, 0.3) is 17.4 Å². The SMILES string of the molecule is CC(C)c1nc2c(N3CC(F)(F)C[C@H]3CN)c(NC(=O)c3ccc(=O)n(-c4c(F)cccc4F)n3)ccc2n1C. The van der Waals surface area contributed by atoms with Gasteiger partial charge >= 0.3 is 0 Å². The zero-order valence-electron chi connectivity index (χ0n) is 22.0. The number of nitrogens with zero attached hydrogens (tertiary/aromatic N) is 5. The van der Waals surface area contributed by atoms with Crippen molar-refractivity contribution in [1.82, 2.24) is 19.3 Å². The van der Waals surface area contributed by atoms with Crippen molar-refractivity contribution in [2.45, 2.75) is 38.2 Å². The quantitative estimate of drug-likeness (QED) is 0.348. The molecule has 40 heavy (non-hydrogen) atoms. The Labute approximate surface area is 226 Å². The molecule has 1 atom stereocenters. The van der Waals surface area contributed by atoms with Crippen LogP contribution in [0.2, 0.25) is 0 Å². The number of para-hydroxylation sites is 1. The van der Waals surface area contributed by atoms with Crippen LogP contribution in [0.25, 0.3) is 16.7 Å². The molecule has 210 valence electrons. The first-order valence-corrected chi connectivity index (χ1v) is 12.6. The second kappa shape index (κ2) is 10.0. The fraction of sp³-hybridized carbons (Fsp3) is 0.333. The molecule has 2 aromatic heterocycles. The van der Waals surface area contributed by atoms with Crippen LogP contribution in [0.5, 0.6) is 0 Å². The molecule has 2 aromatic carbocycles. The second-order valence-electron chi connectivity index (χ2n) is 10.1. The van der Waals surface area contributed by atoms with Crippen molar-refractivity contribution < 1.29 is 22.4 Å². The number of rotatable bonds is 6. The summed E-state index contributed by atoms with van der Waals surface area (Å²) in [6.07, 6.45) is -0.460. The highest BCUT2D eigenvalue weighted by Gasteiger charge is 2.46. The normalized spacial score (nSPS) is 16.7. The number of aryl methyl sites for hydroxylation is 1.